The Kier molecular flexibility index (Phi) is 7.12. The summed E-state index contributed by atoms with van der Waals surface area (Å²) >= 11 is 0. The van der Waals surface area contributed by atoms with Gasteiger partial charge in [-0.2, -0.15) is 0 Å². The topological polar surface area (TPSA) is 24.5 Å². The average molecular weight is 296 g/mol. The lowest BCUT2D eigenvalue weighted by Gasteiger charge is -2.28. The van der Waals surface area contributed by atoms with E-state index in [-0.39, 0.29) is 11.9 Å². The SMILES string of the molecule is COc1ccc(C(C)NC(CC(C)C)CN(C)C)c(F)c1. The molecule has 0 spiro atoms. The van der Waals surface area contributed by atoms with E-state index in [9.17, 15) is 4.39 Å². The van der Waals surface area contributed by atoms with Crippen molar-refractivity contribution in [2.45, 2.75) is 39.3 Å². The zero-order chi connectivity index (χ0) is 16.0. The molecule has 0 radical (unpaired) electrons. The average Bonchev–Trinajstić information content (AvgIpc) is 2.36. The molecule has 0 fully saturated rings. The van der Waals surface area contributed by atoms with Crippen molar-refractivity contribution >= 4 is 0 Å². The molecule has 0 heterocycles. The minimum atomic E-state index is -0.220. The maximum absolute atomic E-state index is 14.1. The number of nitrogens with one attached hydrogen (secondary N) is 1. The molecule has 3 nitrogen and oxygen atoms in total. The highest BCUT2D eigenvalue weighted by Crippen LogP contribution is 2.22. The van der Waals surface area contributed by atoms with Crippen molar-refractivity contribution in [1.29, 1.82) is 0 Å². The van der Waals surface area contributed by atoms with Crippen molar-refractivity contribution in [3.8, 4) is 5.75 Å². The summed E-state index contributed by atoms with van der Waals surface area (Å²) in [5, 5.41) is 3.55. The van der Waals surface area contributed by atoms with Gasteiger partial charge in [0.15, 0.2) is 0 Å². The molecule has 1 aromatic rings. The molecule has 1 rings (SSSR count). The van der Waals surface area contributed by atoms with Crippen LogP contribution in [0.2, 0.25) is 0 Å². The Morgan fingerprint density at radius 3 is 2.38 bits per heavy atom. The lowest BCUT2D eigenvalue weighted by atomic mass is 10.0. The van der Waals surface area contributed by atoms with E-state index in [4.69, 9.17) is 4.74 Å². The number of hydrogen-bond acceptors (Lipinski definition) is 3. The molecule has 0 saturated carbocycles. The largest absolute Gasteiger partial charge is 0.497 e. The van der Waals surface area contributed by atoms with Gasteiger partial charge in [-0.1, -0.05) is 19.9 Å². The van der Waals surface area contributed by atoms with Crippen molar-refractivity contribution < 1.29 is 9.13 Å². The predicted molar refractivity (Wildman–Crippen MR) is 86.3 cm³/mol. The summed E-state index contributed by atoms with van der Waals surface area (Å²) in [7, 11) is 5.67. The molecule has 0 aromatic heterocycles. The number of halogens is 1. The van der Waals surface area contributed by atoms with Gasteiger partial charge in [0.2, 0.25) is 0 Å². The first-order valence-corrected chi connectivity index (χ1v) is 7.57. The standard InChI is InChI=1S/C17H29FN2O/c1-12(2)9-14(11-20(4)5)19-13(3)16-8-7-15(21-6)10-17(16)18/h7-8,10,12-14,19H,9,11H2,1-6H3. The van der Waals surface area contributed by atoms with Crippen LogP contribution in [0.1, 0.15) is 38.8 Å². The van der Waals surface area contributed by atoms with Crippen LogP contribution in [0.4, 0.5) is 4.39 Å². The summed E-state index contributed by atoms with van der Waals surface area (Å²) in [6.07, 6.45) is 1.07. The van der Waals surface area contributed by atoms with Crippen LogP contribution in [0, 0.1) is 11.7 Å². The van der Waals surface area contributed by atoms with Crippen LogP contribution >= 0.6 is 0 Å². The molecule has 0 aliphatic heterocycles. The molecule has 21 heavy (non-hydrogen) atoms. The van der Waals surface area contributed by atoms with Gasteiger partial charge in [0, 0.05) is 30.3 Å². The first-order chi connectivity index (χ1) is 9.83. The molecule has 0 bridgehead atoms. The Hall–Kier alpha value is -1.13. The summed E-state index contributed by atoms with van der Waals surface area (Å²) in [6, 6.07) is 5.36. The minimum Gasteiger partial charge on any atom is -0.497 e. The van der Waals surface area contributed by atoms with Crippen LogP contribution in [0.5, 0.6) is 5.75 Å². The number of rotatable bonds is 8. The Morgan fingerprint density at radius 1 is 1.24 bits per heavy atom. The van der Waals surface area contributed by atoms with Crippen LogP contribution in [-0.4, -0.2) is 38.7 Å². The molecule has 2 atom stereocenters. The number of benzene rings is 1. The highest BCUT2D eigenvalue weighted by Gasteiger charge is 2.18. The zero-order valence-corrected chi connectivity index (χ0v) is 14.1. The van der Waals surface area contributed by atoms with Gasteiger partial charge in [-0.25, -0.2) is 4.39 Å². The highest BCUT2D eigenvalue weighted by atomic mass is 19.1. The third-order valence-electron chi connectivity index (χ3n) is 3.50. The summed E-state index contributed by atoms with van der Waals surface area (Å²) in [4.78, 5) is 2.16. The summed E-state index contributed by atoms with van der Waals surface area (Å²) in [5.41, 5.74) is 0.684. The summed E-state index contributed by atoms with van der Waals surface area (Å²) < 4.78 is 19.2. The third-order valence-corrected chi connectivity index (χ3v) is 3.50. The van der Waals surface area contributed by atoms with E-state index < -0.39 is 0 Å². The zero-order valence-electron chi connectivity index (χ0n) is 14.1. The number of likely N-dealkylation sites (N-methyl/N-ethyl adjacent to an activating group) is 1. The van der Waals surface area contributed by atoms with E-state index in [1.807, 2.05) is 6.92 Å². The van der Waals surface area contributed by atoms with E-state index in [0.717, 1.165) is 13.0 Å². The van der Waals surface area contributed by atoms with Gasteiger partial charge in [-0.3, -0.25) is 0 Å². The molecule has 4 heteroatoms. The van der Waals surface area contributed by atoms with E-state index >= 15 is 0 Å². The lowest BCUT2D eigenvalue weighted by Crippen LogP contribution is -2.40. The minimum absolute atomic E-state index is 0.0281. The lowest BCUT2D eigenvalue weighted by molar-refractivity contribution is 0.289. The van der Waals surface area contributed by atoms with Gasteiger partial charge in [0.25, 0.3) is 0 Å². The van der Waals surface area contributed by atoms with Gasteiger partial charge >= 0.3 is 0 Å². The molecule has 1 aromatic carbocycles. The second-order valence-electron chi connectivity index (χ2n) is 6.36. The van der Waals surface area contributed by atoms with E-state index in [2.05, 4.69) is 38.2 Å². The maximum atomic E-state index is 14.1. The second kappa shape index (κ2) is 8.35. The molecule has 0 amide bonds. The second-order valence-corrected chi connectivity index (χ2v) is 6.36. The monoisotopic (exact) mass is 296 g/mol. The van der Waals surface area contributed by atoms with Crippen LogP contribution in [0.3, 0.4) is 0 Å². The van der Waals surface area contributed by atoms with Crippen molar-refractivity contribution in [2.75, 3.05) is 27.7 Å². The van der Waals surface area contributed by atoms with Crippen molar-refractivity contribution in [2.24, 2.45) is 5.92 Å². The number of nitrogens with zero attached hydrogens (tertiary/aromatic N) is 1. The fourth-order valence-corrected chi connectivity index (χ4v) is 2.63. The van der Waals surface area contributed by atoms with Crippen molar-refractivity contribution in [3.63, 3.8) is 0 Å². The fourth-order valence-electron chi connectivity index (χ4n) is 2.63. The van der Waals surface area contributed by atoms with Gasteiger partial charge in [0.1, 0.15) is 11.6 Å². The van der Waals surface area contributed by atoms with Gasteiger partial charge in [0.05, 0.1) is 7.11 Å². The summed E-state index contributed by atoms with van der Waals surface area (Å²) in [5.74, 6) is 0.938. The van der Waals surface area contributed by atoms with Gasteiger partial charge in [-0.15, -0.1) is 0 Å². The number of ether oxygens (including phenoxy) is 1. The van der Waals surface area contributed by atoms with E-state index in [1.54, 1.807) is 19.2 Å². The molecule has 0 aliphatic rings. The molecule has 120 valence electrons. The smallest absolute Gasteiger partial charge is 0.131 e. The predicted octanol–water partition coefficient (Wildman–Crippen LogP) is 3.46. The quantitative estimate of drug-likeness (QED) is 0.795. The van der Waals surface area contributed by atoms with Crippen LogP contribution in [-0.2, 0) is 0 Å². The van der Waals surface area contributed by atoms with Gasteiger partial charge < -0.3 is 15.0 Å². The highest BCUT2D eigenvalue weighted by molar-refractivity contribution is 5.30. The number of hydrogen-bond donors (Lipinski definition) is 1. The first-order valence-electron chi connectivity index (χ1n) is 7.57. The van der Waals surface area contributed by atoms with Crippen LogP contribution in [0.15, 0.2) is 18.2 Å². The molecule has 0 aliphatic carbocycles. The normalized spacial score (nSPS) is 14.5. The van der Waals surface area contributed by atoms with Crippen molar-refractivity contribution in [1.82, 2.24) is 10.2 Å². The summed E-state index contributed by atoms with van der Waals surface area (Å²) in [6.45, 7) is 7.38. The Bertz CT molecular complexity index is 425. The van der Waals surface area contributed by atoms with E-state index in [1.165, 1.54) is 6.07 Å². The molecule has 0 saturated heterocycles. The molecular formula is C17H29FN2O. The van der Waals surface area contributed by atoms with E-state index in [0.29, 0.717) is 23.3 Å². The Labute approximate surface area is 128 Å². The first kappa shape index (κ1) is 17.9. The molecular weight excluding hydrogens is 267 g/mol. The van der Waals surface area contributed by atoms with Crippen LogP contribution in [0.25, 0.3) is 0 Å². The Balaban J connectivity index is 2.78. The Morgan fingerprint density at radius 2 is 1.90 bits per heavy atom. The maximum Gasteiger partial charge on any atom is 0.131 e. The third kappa shape index (κ3) is 6.02. The number of methoxy groups -OCH3 is 1. The molecule has 2 unspecified atom stereocenters. The molecule has 1 N–H and O–H groups in total. The van der Waals surface area contributed by atoms with Crippen molar-refractivity contribution in [3.05, 3.63) is 29.6 Å². The van der Waals surface area contributed by atoms with Crippen LogP contribution < -0.4 is 10.1 Å². The fraction of sp³-hybridized carbons (Fsp3) is 0.647. The van der Waals surface area contributed by atoms with Gasteiger partial charge in [-0.05, 0) is 39.4 Å².